The Balaban J connectivity index is 2.88. The van der Waals surface area contributed by atoms with Crippen LogP contribution in [0.2, 0.25) is 0 Å². The highest BCUT2D eigenvalue weighted by Crippen LogP contribution is 2.43. The molecule has 1 rings (SSSR count). The van der Waals surface area contributed by atoms with Gasteiger partial charge < -0.3 is 0 Å². The lowest BCUT2D eigenvalue weighted by Gasteiger charge is -2.41. The van der Waals surface area contributed by atoms with Crippen molar-refractivity contribution in [3.05, 3.63) is 0 Å². The maximum absolute atomic E-state index is 11.8. The molecular formula is C11H20O. The molecule has 1 fully saturated rings. The van der Waals surface area contributed by atoms with Crippen molar-refractivity contribution in [3.63, 3.8) is 0 Å². The molecule has 2 unspecified atom stereocenters. The summed E-state index contributed by atoms with van der Waals surface area (Å²) in [6.07, 6.45) is 3.13. The van der Waals surface area contributed by atoms with Gasteiger partial charge in [-0.25, -0.2) is 0 Å². The van der Waals surface area contributed by atoms with Gasteiger partial charge in [0.25, 0.3) is 0 Å². The first-order valence-corrected chi connectivity index (χ1v) is 5.03. The second kappa shape index (κ2) is 3.20. The number of Topliss-reactive ketones (excluding diaryl/α,β-unsaturated/α-hetero) is 1. The van der Waals surface area contributed by atoms with Gasteiger partial charge in [0.15, 0.2) is 0 Å². The minimum Gasteiger partial charge on any atom is -0.299 e. The minimum absolute atomic E-state index is 0.0434. The van der Waals surface area contributed by atoms with Gasteiger partial charge in [0.05, 0.1) is 0 Å². The van der Waals surface area contributed by atoms with E-state index in [1.54, 1.807) is 0 Å². The summed E-state index contributed by atoms with van der Waals surface area (Å²) in [5, 5.41) is 0. The van der Waals surface area contributed by atoms with Crippen molar-refractivity contribution in [2.75, 3.05) is 0 Å². The zero-order valence-electron chi connectivity index (χ0n) is 8.68. The van der Waals surface area contributed by atoms with Crippen LogP contribution in [-0.2, 0) is 4.79 Å². The first-order chi connectivity index (χ1) is 5.49. The van der Waals surface area contributed by atoms with Gasteiger partial charge in [-0.1, -0.05) is 27.7 Å². The Hall–Kier alpha value is -0.330. The van der Waals surface area contributed by atoms with Crippen molar-refractivity contribution in [2.24, 2.45) is 17.3 Å². The van der Waals surface area contributed by atoms with E-state index in [9.17, 15) is 4.79 Å². The van der Waals surface area contributed by atoms with E-state index in [0.29, 0.717) is 17.6 Å². The molecule has 1 aliphatic carbocycles. The van der Waals surface area contributed by atoms with Crippen molar-refractivity contribution in [1.82, 2.24) is 0 Å². The van der Waals surface area contributed by atoms with E-state index < -0.39 is 0 Å². The van der Waals surface area contributed by atoms with Gasteiger partial charge in [0.1, 0.15) is 5.78 Å². The number of rotatable bonds is 1. The molecule has 70 valence electrons. The summed E-state index contributed by atoms with van der Waals surface area (Å²) in [6.45, 7) is 8.69. The molecule has 0 N–H and O–H groups in total. The van der Waals surface area contributed by atoms with E-state index in [2.05, 4.69) is 27.7 Å². The highest BCUT2D eigenvalue weighted by Gasteiger charge is 2.42. The van der Waals surface area contributed by atoms with E-state index >= 15 is 0 Å². The molecule has 0 spiro atoms. The smallest absolute Gasteiger partial charge is 0.139 e. The average Bonchev–Trinajstić information content (AvgIpc) is 1.99. The molecular weight excluding hydrogens is 148 g/mol. The van der Waals surface area contributed by atoms with Crippen LogP contribution in [0.3, 0.4) is 0 Å². The average molecular weight is 168 g/mol. The van der Waals surface area contributed by atoms with Crippen molar-refractivity contribution in [1.29, 1.82) is 0 Å². The van der Waals surface area contributed by atoms with E-state index in [1.165, 1.54) is 6.42 Å². The third-order valence-electron chi connectivity index (χ3n) is 3.86. The SMILES string of the molecule is CC(C)C1(C)C(=O)CCCC1C. The number of carbonyl (C=O) groups excluding carboxylic acids is 1. The zero-order chi connectivity index (χ0) is 9.35. The summed E-state index contributed by atoms with van der Waals surface area (Å²) in [5.41, 5.74) is -0.0434. The van der Waals surface area contributed by atoms with Crippen LogP contribution in [0.1, 0.15) is 47.0 Å². The van der Waals surface area contributed by atoms with E-state index in [1.807, 2.05) is 0 Å². The molecule has 0 aromatic rings. The first kappa shape index (κ1) is 9.76. The molecule has 1 nitrogen and oxygen atoms in total. The minimum atomic E-state index is -0.0434. The quantitative estimate of drug-likeness (QED) is 0.588. The lowest BCUT2D eigenvalue weighted by Crippen LogP contribution is -2.42. The normalized spacial score (nSPS) is 37.4. The van der Waals surface area contributed by atoms with E-state index in [4.69, 9.17) is 0 Å². The van der Waals surface area contributed by atoms with Crippen LogP contribution in [0, 0.1) is 17.3 Å². The molecule has 0 bridgehead atoms. The molecule has 12 heavy (non-hydrogen) atoms. The van der Waals surface area contributed by atoms with Crippen LogP contribution in [0.5, 0.6) is 0 Å². The van der Waals surface area contributed by atoms with Gasteiger partial charge >= 0.3 is 0 Å². The Morgan fingerprint density at radius 1 is 1.50 bits per heavy atom. The number of ketones is 1. The largest absolute Gasteiger partial charge is 0.299 e. The van der Waals surface area contributed by atoms with Crippen molar-refractivity contribution in [2.45, 2.75) is 47.0 Å². The van der Waals surface area contributed by atoms with Crippen LogP contribution in [0.25, 0.3) is 0 Å². The molecule has 0 heterocycles. The first-order valence-electron chi connectivity index (χ1n) is 5.03. The van der Waals surface area contributed by atoms with Crippen LogP contribution < -0.4 is 0 Å². The molecule has 0 aromatic carbocycles. The Labute approximate surface area is 75.5 Å². The number of carbonyl (C=O) groups is 1. The van der Waals surface area contributed by atoms with Crippen LogP contribution in [0.4, 0.5) is 0 Å². The van der Waals surface area contributed by atoms with Gasteiger partial charge in [-0.15, -0.1) is 0 Å². The van der Waals surface area contributed by atoms with E-state index in [-0.39, 0.29) is 5.41 Å². The summed E-state index contributed by atoms with van der Waals surface area (Å²) in [4.78, 5) is 11.8. The lowest BCUT2D eigenvalue weighted by molar-refractivity contribution is -0.136. The van der Waals surface area contributed by atoms with Gasteiger partial charge in [0, 0.05) is 11.8 Å². The predicted molar refractivity (Wildman–Crippen MR) is 51.0 cm³/mol. The summed E-state index contributed by atoms with van der Waals surface area (Å²) in [5.74, 6) is 1.54. The van der Waals surface area contributed by atoms with Gasteiger partial charge in [-0.2, -0.15) is 0 Å². The van der Waals surface area contributed by atoms with Crippen LogP contribution in [-0.4, -0.2) is 5.78 Å². The zero-order valence-corrected chi connectivity index (χ0v) is 8.68. The molecule has 0 saturated heterocycles. The molecule has 0 radical (unpaired) electrons. The summed E-state index contributed by atoms with van der Waals surface area (Å²) in [6, 6.07) is 0. The third-order valence-corrected chi connectivity index (χ3v) is 3.86. The van der Waals surface area contributed by atoms with Crippen molar-refractivity contribution >= 4 is 5.78 Å². The van der Waals surface area contributed by atoms with Gasteiger partial charge in [-0.05, 0) is 24.7 Å². The Morgan fingerprint density at radius 3 is 2.42 bits per heavy atom. The van der Waals surface area contributed by atoms with Gasteiger partial charge in [0.2, 0.25) is 0 Å². The maximum Gasteiger partial charge on any atom is 0.139 e. The second-order valence-corrected chi connectivity index (χ2v) is 4.65. The molecule has 1 heteroatoms. The van der Waals surface area contributed by atoms with E-state index in [0.717, 1.165) is 12.8 Å². The van der Waals surface area contributed by atoms with Crippen LogP contribution >= 0.6 is 0 Å². The van der Waals surface area contributed by atoms with Gasteiger partial charge in [-0.3, -0.25) is 4.79 Å². The van der Waals surface area contributed by atoms with Crippen molar-refractivity contribution < 1.29 is 4.79 Å². The fourth-order valence-electron chi connectivity index (χ4n) is 2.30. The fraction of sp³-hybridized carbons (Fsp3) is 0.909. The Morgan fingerprint density at radius 2 is 2.08 bits per heavy atom. The monoisotopic (exact) mass is 168 g/mol. The number of hydrogen-bond donors (Lipinski definition) is 0. The lowest BCUT2D eigenvalue weighted by atomic mass is 9.62. The third kappa shape index (κ3) is 1.30. The summed E-state index contributed by atoms with van der Waals surface area (Å²) < 4.78 is 0. The van der Waals surface area contributed by atoms with Crippen molar-refractivity contribution in [3.8, 4) is 0 Å². The Bertz CT molecular complexity index is 183. The second-order valence-electron chi connectivity index (χ2n) is 4.65. The molecule has 0 aliphatic heterocycles. The molecule has 0 aromatic heterocycles. The molecule has 1 aliphatic rings. The molecule has 1 saturated carbocycles. The topological polar surface area (TPSA) is 17.1 Å². The maximum atomic E-state index is 11.8. The number of hydrogen-bond acceptors (Lipinski definition) is 1. The highest BCUT2D eigenvalue weighted by molar-refractivity contribution is 5.85. The summed E-state index contributed by atoms with van der Waals surface area (Å²) in [7, 11) is 0. The Kier molecular flexibility index (Phi) is 2.60. The fourth-order valence-corrected chi connectivity index (χ4v) is 2.30. The molecule has 2 atom stereocenters. The summed E-state index contributed by atoms with van der Waals surface area (Å²) >= 11 is 0. The standard InChI is InChI=1S/C11H20O/c1-8(2)11(4)9(3)6-5-7-10(11)12/h8-9H,5-7H2,1-4H3. The molecule has 0 amide bonds. The van der Waals surface area contributed by atoms with Crippen LogP contribution in [0.15, 0.2) is 0 Å². The highest BCUT2D eigenvalue weighted by atomic mass is 16.1. The predicted octanol–water partition coefficient (Wildman–Crippen LogP) is 3.04.